The van der Waals surface area contributed by atoms with E-state index in [-0.39, 0.29) is 18.6 Å². The van der Waals surface area contributed by atoms with E-state index in [1.54, 1.807) is 14.2 Å². The topological polar surface area (TPSA) is 64.7 Å². The number of aliphatic hydroxyl groups excluding tert-OH is 1. The van der Waals surface area contributed by atoms with Crippen LogP contribution in [0, 0.1) is 11.8 Å². The fourth-order valence-corrected chi connectivity index (χ4v) is 2.07. The smallest absolute Gasteiger partial charge is 0.123 e. The molecule has 0 heterocycles. The molecule has 0 amide bonds. The molecule has 1 rings (SSSR count). The zero-order valence-electron chi connectivity index (χ0n) is 11.5. The fraction of sp³-hybridized carbons (Fsp3) is 0.571. The Kier molecular flexibility index (Phi) is 5.44. The maximum Gasteiger partial charge on any atom is 0.123 e. The van der Waals surface area contributed by atoms with E-state index in [1.165, 1.54) is 0 Å². The lowest BCUT2D eigenvalue weighted by atomic mass is 9.85. The zero-order valence-corrected chi connectivity index (χ0v) is 11.5. The maximum atomic E-state index is 9.47. The highest BCUT2D eigenvalue weighted by Crippen LogP contribution is 2.34. The first-order chi connectivity index (χ1) is 8.54. The Morgan fingerprint density at radius 2 is 1.89 bits per heavy atom. The van der Waals surface area contributed by atoms with Gasteiger partial charge in [-0.05, 0) is 24.1 Å². The van der Waals surface area contributed by atoms with E-state index in [4.69, 9.17) is 15.2 Å². The lowest BCUT2D eigenvalue weighted by Crippen LogP contribution is -2.28. The summed E-state index contributed by atoms with van der Waals surface area (Å²) in [6.45, 7) is 4.15. The maximum absolute atomic E-state index is 9.47. The third-order valence-corrected chi connectivity index (χ3v) is 3.32. The molecule has 2 atom stereocenters. The predicted molar refractivity (Wildman–Crippen MR) is 71.9 cm³/mol. The van der Waals surface area contributed by atoms with Crippen LogP contribution < -0.4 is 15.2 Å². The van der Waals surface area contributed by atoms with Crippen LogP contribution in [-0.2, 0) is 0 Å². The number of methoxy groups -OCH3 is 2. The molecule has 18 heavy (non-hydrogen) atoms. The van der Waals surface area contributed by atoms with Crippen molar-refractivity contribution in [3.63, 3.8) is 0 Å². The third kappa shape index (κ3) is 3.15. The van der Waals surface area contributed by atoms with Crippen molar-refractivity contribution >= 4 is 0 Å². The highest BCUT2D eigenvalue weighted by molar-refractivity contribution is 5.42. The van der Waals surface area contributed by atoms with Gasteiger partial charge in [0.15, 0.2) is 0 Å². The molecule has 0 saturated carbocycles. The van der Waals surface area contributed by atoms with Crippen LogP contribution in [0.25, 0.3) is 0 Å². The van der Waals surface area contributed by atoms with Gasteiger partial charge in [-0.3, -0.25) is 0 Å². The summed E-state index contributed by atoms with van der Waals surface area (Å²) in [5.41, 5.74) is 7.12. The van der Waals surface area contributed by atoms with Crippen LogP contribution in [0.2, 0.25) is 0 Å². The van der Waals surface area contributed by atoms with Gasteiger partial charge in [-0.2, -0.15) is 0 Å². The molecule has 4 nitrogen and oxygen atoms in total. The summed E-state index contributed by atoms with van der Waals surface area (Å²) in [5.74, 6) is 1.75. The first-order valence-corrected chi connectivity index (χ1v) is 6.13. The molecular weight excluding hydrogens is 230 g/mol. The largest absolute Gasteiger partial charge is 0.497 e. The molecule has 0 spiro atoms. The first kappa shape index (κ1) is 14.8. The molecule has 1 aromatic carbocycles. The number of hydrogen-bond donors (Lipinski definition) is 2. The summed E-state index contributed by atoms with van der Waals surface area (Å²) >= 11 is 0. The van der Waals surface area contributed by atoms with E-state index in [9.17, 15) is 5.11 Å². The average molecular weight is 253 g/mol. The number of ether oxygens (including phenoxy) is 2. The van der Waals surface area contributed by atoms with Gasteiger partial charge < -0.3 is 20.3 Å². The van der Waals surface area contributed by atoms with Gasteiger partial charge in [0.25, 0.3) is 0 Å². The number of aliphatic hydroxyl groups is 1. The van der Waals surface area contributed by atoms with Gasteiger partial charge in [0, 0.05) is 24.1 Å². The molecule has 102 valence electrons. The summed E-state index contributed by atoms with van der Waals surface area (Å²) < 4.78 is 10.5. The van der Waals surface area contributed by atoms with Crippen LogP contribution in [0.1, 0.15) is 25.5 Å². The van der Waals surface area contributed by atoms with E-state index in [1.807, 2.05) is 32.0 Å². The van der Waals surface area contributed by atoms with E-state index < -0.39 is 0 Å². The second kappa shape index (κ2) is 6.61. The molecule has 0 aliphatic heterocycles. The molecule has 3 N–H and O–H groups in total. The van der Waals surface area contributed by atoms with Crippen molar-refractivity contribution in [3.8, 4) is 11.5 Å². The van der Waals surface area contributed by atoms with Crippen molar-refractivity contribution in [2.45, 2.75) is 19.9 Å². The molecule has 0 fully saturated rings. The minimum atomic E-state index is -0.278. The van der Waals surface area contributed by atoms with Crippen LogP contribution in [-0.4, -0.2) is 25.9 Å². The molecule has 4 heteroatoms. The minimum Gasteiger partial charge on any atom is -0.497 e. The second-order valence-electron chi connectivity index (χ2n) is 4.72. The predicted octanol–water partition coefficient (Wildman–Crippen LogP) is 1.97. The van der Waals surface area contributed by atoms with E-state index in [0.717, 1.165) is 17.1 Å². The van der Waals surface area contributed by atoms with Gasteiger partial charge in [0.2, 0.25) is 0 Å². The van der Waals surface area contributed by atoms with Crippen LogP contribution >= 0.6 is 0 Å². The van der Waals surface area contributed by atoms with Gasteiger partial charge in [-0.15, -0.1) is 0 Å². The first-order valence-electron chi connectivity index (χ1n) is 6.13. The van der Waals surface area contributed by atoms with Crippen LogP contribution in [0.3, 0.4) is 0 Å². The molecule has 0 aliphatic carbocycles. The van der Waals surface area contributed by atoms with Crippen LogP contribution in [0.5, 0.6) is 11.5 Å². The fourth-order valence-electron chi connectivity index (χ4n) is 2.07. The summed E-state index contributed by atoms with van der Waals surface area (Å²) in [7, 11) is 3.23. The van der Waals surface area contributed by atoms with Crippen LogP contribution in [0.4, 0.5) is 0 Å². The Bertz CT molecular complexity index is 379. The van der Waals surface area contributed by atoms with E-state index in [0.29, 0.717) is 5.92 Å². The second-order valence-corrected chi connectivity index (χ2v) is 4.72. The molecule has 0 bridgehead atoms. The third-order valence-electron chi connectivity index (χ3n) is 3.32. The van der Waals surface area contributed by atoms with Crippen molar-refractivity contribution in [2.24, 2.45) is 17.6 Å². The molecule has 1 aromatic rings. The van der Waals surface area contributed by atoms with Gasteiger partial charge in [-0.1, -0.05) is 13.8 Å². The number of hydrogen-bond acceptors (Lipinski definition) is 4. The van der Waals surface area contributed by atoms with Crippen molar-refractivity contribution in [2.75, 3.05) is 20.8 Å². The standard InChI is InChI=1S/C14H23NO3/c1-9(2)12(8-16)14(15)11-7-10(17-3)5-6-13(11)18-4/h5-7,9,12,14,16H,8,15H2,1-4H3. The highest BCUT2D eigenvalue weighted by atomic mass is 16.5. The average Bonchev–Trinajstić information content (AvgIpc) is 2.38. The van der Waals surface area contributed by atoms with E-state index in [2.05, 4.69) is 0 Å². The number of nitrogens with two attached hydrogens (primary N) is 1. The van der Waals surface area contributed by atoms with Gasteiger partial charge >= 0.3 is 0 Å². The number of benzene rings is 1. The monoisotopic (exact) mass is 253 g/mol. The Morgan fingerprint density at radius 3 is 2.33 bits per heavy atom. The molecule has 0 radical (unpaired) electrons. The SMILES string of the molecule is COc1ccc(OC)c(C(N)C(CO)C(C)C)c1. The van der Waals surface area contributed by atoms with Crippen molar-refractivity contribution < 1.29 is 14.6 Å². The molecule has 0 aromatic heterocycles. The summed E-state index contributed by atoms with van der Waals surface area (Å²) in [6.07, 6.45) is 0. The molecule has 2 unspecified atom stereocenters. The minimum absolute atomic E-state index is 0.00833. The lowest BCUT2D eigenvalue weighted by molar-refractivity contribution is 0.164. The van der Waals surface area contributed by atoms with Crippen molar-refractivity contribution in [3.05, 3.63) is 23.8 Å². The Labute approximate surface area is 109 Å². The zero-order chi connectivity index (χ0) is 13.7. The van der Waals surface area contributed by atoms with Gasteiger partial charge in [0.1, 0.15) is 11.5 Å². The van der Waals surface area contributed by atoms with Gasteiger partial charge in [0.05, 0.1) is 14.2 Å². The molecule has 0 aliphatic rings. The quantitative estimate of drug-likeness (QED) is 0.813. The Balaban J connectivity index is 3.12. The van der Waals surface area contributed by atoms with Crippen LogP contribution in [0.15, 0.2) is 18.2 Å². The summed E-state index contributed by atoms with van der Waals surface area (Å²) in [4.78, 5) is 0. The normalized spacial score (nSPS) is 14.4. The summed E-state index contributed by atoms with van der Waals surface area (Å²) in [5, 5.41) is 9.47. The molecule has 0 saturated heterocycles. The van der Waals surface area contributed by atoms with E-state index >= 15 is 0 Å². The number of rotatable bonds is 6. The summed E-state index contributed by atoms with van der Waals surface area (Å²) in [6, 6.07) is 5.26. The van der Waals surface area contributed by atoms with Gasteiger partial charge in [-0.25, -0.2) is 0 Å². The Hall–Kier alpha value is -1.26. The Morgan fingerprint density at radius 1 is 1.22 bits per heavy atom. The highest BCUT2D eigenvalue weighted by Gasteiger charge is 2.25. The van der Waals surface area contributed by atoms with Crippen molar-refractivity contribution in [1.29, 1.82) is 0 Å². The lowest BCUT2D eigenvalue weighted by Gasteiger charge is -2.27. The van der Waals surface area contributed by atoms with Crippen molar-refractivity contribution in [1.82, 2.24) is 0 Å². The molecular formula is C14H23NO3.